The molecular weight excluding hydrogens is 190 g/mol. The van der Waals surface area contributed by atoms with Crippen LogP contribution in [0.2, 0.25) is 0 Å². The lowest BCUT2D eigenvalue weighted by Crippen LogP contribution is -2.36. The van der Waals surface area contributed by atoms with E-state index in [9.17, 15) is 4.79 Å². The summed E-state index contributed by atoms with van der Waals surface area (Å²) in [4.78, 5) is 13.6. The lowest BCUT2D eigenvalue weighted by Gasteiger charge is -2.29. The van der Waals surface area contributed by atoms with E-state index in [0.29, 0.717) is 25.0 Å². The van der Waals surface area contributed by atoms with Gasteiger partial charge in [0.2, 0.25) is 0 Å². The van der Waals surface area contributed by atoms with Crippen LogP contribution in [-0.4, -0.2) is 37.6 Å². The van der Waals surface area contributed by atoms with Gasteiger partial charge in [-0.05, 0) is 39.8 Å². The van der Waals surface area contributed by atoms with E-state index < -0.39 is 0 Å². The van der Waals surface area contributed by atoms with E-state index in [-0.39, 0.29) is 5.97 Å². The minimum atomic E-state index is -0.0527. The lowest BCUT2D eigenvalue weighted by molar-refractivity contribution is -0.144. The summed E-state index contributed by atoms with van der Waals surface area (Å²) >= 11 is 0. The molecule has 3 heteroatoms. The minimum Gasteiger partial charge on any atom is -0.466 e. The Kier molecular flexibility index (Phi) is 5.09. The molecule has 0 amide bonds. The number of hydrogen-bond donors (Lipinski definition) is 0. The van der Waals surface area contributed by atoms with E-state index in [0.717, 1.165) is 0 Å². The van der Waals surface area contributed by atoms with Gasteiger partial charge in [-0.1, -0.05) is 12.8 Å². The Labute approximate surface area is 92.8 Å². The maximum Gasteiger partial charge on any atom is 0.307 e. The summed E-state index contributed by atoms with van der Waals surface area (Å²) < 4.78 is 5.02. The molecule has 1 rings (SSSR count). The minimum absolute atomic E-state index is 0.0527. The quantitative estimate of drug-likeness (QED) is 0.655. The average molecular weight is 213 g/mol. The molecule has 0 aliphatic heterocycles. The first kappa shape index (κ1) is 12.5. The smallest absolute Gasteiger partial charge is 0.307 e. The van der Waals surface area contributed by atoms with Gasteiger partial charge in [0, 0.05) is 6.04 Å². The Hall–Kier alpha value is -0.570. The molecule has 1 aliphatic rings. The van der Waals surface area contributed by atoms with E-state index in [1.807, 2.05) is 6.92 Å². The molecule has 0 N–H and O–H groups in total. The Bertz CT molecular complexity index is 198. The highest BCUT2D eigenvalue weighted by Gasteiger charge is 2.28. The fraction of sp³-hybridized carbons (Fsp3) is 0.917. The molecular formula is C12H23NO2. The van der Waals surface area contributed by atoms with Gasteiger partial charge in [0.1, 0.15) is 0 Å². The first-order chi connectivity index (χ1) is 7.15. The fourth-order valence-electron chi connectivity index (χ4n) is 2.50. The molecule has 1 fully saturated rings. The molecule has 1 unspecified atom stereocenters. The van der Waals surface area contributed by atoms with E-state index in [4.69, 9.17) is 4.74 Å². The number of hydrogen-bond acceptors (Lipinski definition) is 3. The van der Waals surface area contributed by atoms with Gasteiger partial charge in [-0.2, -0.15) is 0 Å². The predicted molar refractivity (Wildman–Crippen MR) is 60.7 cm³/mol. The van der Waals surface area contributed by atoms with Crippen LogP contribution in [0.15, 0.2) is 0 Å². The van der Waals surface area contributed by atoms with E-state index in [2.05, 4.69) is 19.0 Å². The van der Waals surface area contributed by atoms with Crippen LogP contribution in [0.25, 0.3) is 0 Å². The first-order valence-corrected chi connectivity index (χ1v) is 5.97. The molecule has 1 saturated carbocycles. The topological polar surface area (TPSA) is 29.5 Å². The van der Waals surface area contributed by atoms with Crippen molar-refractivity contribution in [3.8, 4) is 0 Å². The Balaban J connectivity index is 2.46. The van der Waals surface area contributed by atoms with E-state index in [1.54, 1.807) is 0 Å². The molecule has 0 bridgehead atoms. The van der Waals surface area contributed by atoms with Crippen LogP contribution in [0.3, 0.4) is 0 Å². The maximum atomic E-state index is 11.5. The molecule has 1 atom stereocenters. The monoisotopic (exact) mass is 213 g/mol. The summed E-state index contributed by atoms with van der Waals surface area (Å²) in [6, 6.07) is 0.367. The highest BCUT2D eigenvalue weighted by molar-refractivity contribution is 5.70. The number of esters is 1. The summed E-state index contributed by atoms with van der Waals surface area (Å²) in [6.07, 6.45) is 5.71. The molecule has 15 heavy (non-hydrogen) atoms. The zero-order valence-electron chi connectivity index (χ0n) is 10.2. The Morgan fingerprint density at radius 3 is 2.47 bits per heavy atom. The lowest BCUT2D eigenvalue weighted by atomic mass is 9.94. The highest BCUT2D eigenvalue weighted by atomic mass is 16.5. The molecule has 0 heterocycles. The Morgan fingerprint density at radius 1 is 1.40 bits per heavy atom. The van der Waals surface area contributed by atoms with Gasteiger partial charge in [0.05, 0.1) is 13.0 Å². The molecule has 1 aliphatic carbocycles. The molecule has 0 radical (unpaired) electrons. The van der Waals surface area contributed by atoms with Crippen molar-refractivity contribution in [2.24, 2.45) is 5.92 Å². The molecule has 0 aromatic carbocycles. The van der Waals surface area contributed by atoms with Crippen molar-refractivity contribution in [1.29, 1.82) is 0 Å². The van der Waals surface area contributed by atoms with Crippen molar-refractivity contribution in [2.75, 3.05) is 20.7 Å². The number of carbonyl (C=O) groups is 1. The second-order valence-electron chi connectivity index (χ2n) is 4.58. The zero-order valence-corrected chi connectivity index (χ0v) is 10.2. The molecule has 0 spiro atoms. The van der Waals surface area contributed by atoms with Gasteiger partial charge in [-0.3, -0.25) is 4.79 Å². The van der Waals surface area contributed by atoms with Crippen molar-refractivity contribution < 1.29 is 9.53 Å². The number of rotatable bonds is 5. The third kappa shape index (κ3) is 3.82. The molecule has 0 aromatic heterocycles. The van der Waals surface area contributed by atoms with Crippen LogP contribution < -0.4 is 0 Å². The fourth-order valence-corrected chi connectivity index (χ4v) is 2.50. The van der Waals surface area contributed by atoms with Crippen molar-refractivity contribution >= 4 is 5.97 Å². The van der Waals surface area contributed by atoms with Crippen molar-refractivity contribution in [1.82, 2.24) is 4.90 Å². The first-order valence-electron chi connectivity index (χ1n) is 5.97. The summed E-state index contributed by atoms with van der Waals surface area (Å²) in [5, 5.41) is 0. The highest BCUT2D eigenvalue weighted by Crippen LogP contribution is 2.31. The van der Waals surface area contributed by atoms with E-state index in [1.165, 1.54) is 25.7 Å². The van der Waals surface area contributed by atoms with Crippen LogP contribution in [0.4, 0.5) is 0 Å². The average Bonchev–Trinajstić information content (AvgIpc) is 2.66. The molecule has 0 saturated heterocycles. The second-order valence-corrected chi connectivity index (χ2v) is 4.58. The van der Waals surface area contributed by atoms with Gasteiger partial charge < -0.3 is 9.64 Å². The SMILES string of the molecule is CCOC(=O)CC(C1CCCC1)N(C)C. The van der Waals surface area contributed by atoms with Gasteiger partial charge in [0.15, 0.2) is 0 Å². The summed E-state index contributed by atoms with van der Waals surface area (Å²) in [7, 11) is 4.12. The van der Waals surface area contributed by atoms with Gasteiger partial charge in [-0.15, -0.1) is 0 Å². The molecule has 88 valence electrons. The standard InChI is InChI=1S/C12H23NO2/c1-4-15-12(14)9-11(13(2)3)10-7-5-6-8-10/h10-11H,4-9H2,1-3H3. The number of nitrogens with zero attached hydrogens (tertiary/aromatic N) is 1. The number of ether oxygens (including phenoxy) is 1. The van der Waals surface area contributed by atoms with Gasteiger partial charge >= 0.3 is 5.97 Å². The van der Waals surface area contributed by atoms with Crippen LogP contribution in [0.1, 0.15) is 39.0 Å². The maximum absolute atomic E-state index is 11.5. The third-order valence-electron chi connectivity index (χ3n) is 3.29. The van der Waals surface area contributed by atoms with Crippen LogP contribution in [0, 0.1) is 5.92 Å². The normalized spacial score (nSPS) is 19.5. The largest absolute Gasteiger partial charge is 0.466 e. The number of carbonyl (C=O) groups excluding carboxylic acids is 1. The molecule has 0 aromatic rings. The van der Waals surface area contributed by atoms with E-state index >= 15 is 0 Å². The van der Waals surface area contributed by atoms with Crippen molar-refractivity contribution in [3.05, 3.63) is 0 Å². The van der Waals surface area contributed by atoms with Crippen molar-refractivity contribution in [2.45, 2.75) is 45.1 Å². The van der Waals surface area contributed by atoms with Gasteiger partial charge in [-0.25, -0.2) is 0 Å². The Morgan fingerprint density at radius 2 is 2.00 bits per heavy atom. The van der Waals surface area contributed by atoms with Crippen LogP contribution in [0.5, 0.6) is 0 Å². The van der Waals surface area contributed by atoms with Crippen molar-refractivity contribution in [3.63, 3.8) is 0 Å². The third-order valence-corrected chi connectivity index (χ3v) is 3.29. The summed E-state index contributed by atoms with van der Waals surface area (Å²) in [6.45, 7) is 2.35. The summed E-state index contributed by atoms with van der Waals surface area (Å²) in [5.74, 6) is 0.632. The zero-order chi connectivity index (χ0) is 11.3. The van der Waals surface area contributed by atoms with Gasteiger partial charge in [0.25, 0.3) is 0 Å². The molecule has 3 nitrogen and oxygen atoms in total. The van der Waals surface area contributed by atoms with Crippen LogP contribution in [-0.2, 0) is 9.53 Å². The predicted octanol–water partition coefficient (Wildman–Crippen LogP) is 2.06. The summed E-state index contributed by atoms with van der Waals surface area (Å²) in [5.41, 5.74) is 0. The second kappa shape index (κ2) is 6.11. The van der Waals surface area contributed by atoms with Crippen LogP contribution >= 0.6 is 0 Å².